The zero-order valence-corrected chi connectivity index (χ0v) is 8.56. The lowest BCUT2D eigenvalue weighted by atomic mass is 9.79. The predicted octanol–water partition coefficient (Wildman–Crippen LogP) is 1.61. The molecule has 4 unspecified atom stereocenters. The highest BCUT2D eigenvalue weighted by Crippen LogP contribution is 2.43. The van der Waals surface area contributed by atoms with E-state index in [0.29, 0.717) is 11.8 Å². The summed E-state index contributed by atoms with van der Waals surface area (Å²) in [6.45, 7) is 0. The molecule has 2 rings (SSSR count). The monoisotopic (exact) mass is 206 g/mol. The summed E-state index contributed by atoms with van der Waals surface area (Å²) in [7, 11) is 0. The van der Waals surface area contributed by atoms with Crippen LogP contribution in [0.25, 0.3) is 0 Å². The molecule has 0 amide bonds. The largest absolute Gasteiger partial charge is 0.235 e. The fourth-order valence-electron chi connectivity index (χ4n) is 3.07. The van der Waals surface area contributed by atoms with Crippen molar-refractivity contribution in [3.63, 3.8) is 0 Å². The van der Waals surface area contributed by atoms with Gasteiger partial charge in [-0.2, -0.15) is 0 Å². The number of aliphatic imine (C=N–C) groups is 2. The number of carbonyl (C=O) groups excluding carboxylic acids is 2. The van der Waals surface area contributed by atoms with E-state index < -0.39 is 0 Å². The van der Waals surface area contributed by atoms with E-state index in [1.54, 1.807) is 12.2 Å². The SMILES string of the molecule is O=C=NC1CCC2CC(N=C=O)CC2C1. The summed E-state index contributed by atoms with van der Waals surface area (Å²) in [5.41, 5.74) is 0. The van der Waals surface area contributed by atoms with Crippen molar-refractivity contribution in [1.82, 2.24) is 0 Å². The van der Waals surface area contributed by atoms with E-state index in [9.17, 15) is 9.59 Å². The lowest BCUT2D eigenvalue weighted by molar-refractivity contribution is 0.252. The first-order chi connectivity index (χ1) is 7.33. The third-order valence-corrected chi connectivity index (χ3v) is 3.73. The topological polar surface area (TPSA) is 58.9 Å². The molecule has 4 heteroatoms. The maximum absolute atomic E-state index is 10.2. The molecule has 80 valence electrons. The van der Waals surface area contributed by atoms with Crippen molar-refractivity contribution in [2.24, 2.45) is 21.8 Å². The van der Waals surface area contributed by atoms with Crippen LogP contribution in [-0.2, 0) is 9.59 Å². The first-order valence-corrected chi connectivity index (χ1v) is 5.47. The molecule has 4 atom stereocenters. The van der Waals surface area contributed by atoms with Crippen LogP contribution in [0.3, 0.4) is 0 Å². The van der Waals surface area contributed by atoms with Crippen molar-refractivity contribution in [2.45, 2.75) is 44.2 Å². The van der Waals surface area contributed by atoms with Crippen LogP contribution in [0, 0.1) is 11.8 Å². The summed E-state index contributed by atoms with van der Waals surface area (Å²) in [6.07, 6.45) is 8.31. The Kier molecular flexibility index (Phi) is 3.10. The molecule has 2 fully saturated rings. The Labute approximate surface area is 88.5 Å². The van der Waals surface area contributed by atoms with Gasteiger partial charge in [-0.25, -0.2) is 19.6 Å². The van der Waals surface area contributed by atoms with Crippen LogP contribution in [0.5, 0.6) is 0 Å². The smallest absolute Gasteiger partial charge is 0.211 e. The number of nitrogens with zero attached hydrogens (tertiary/aromatic N) is 2. The zero-order valence-electron chi connectivity index (χ0n) is 8.56. The summed E-state index contributed by atoms with van der Waals surface area (Å²) in [5, 5.41) is 0. The van der Waals surface area contributed by atoms with Gasteiger partial charge in [0.25, 0.3) is 0 Å². The fraction of sp³-hybridized carbons (Fsp3) is 0.818. The van der Waals surface area contributed by atoms with Gasteiger partial charge >= 0.3 is 0 Å². The van der Waals surface area contributed by atoms with E-state index >= 15 is 0 Å². The highest BCUT2D eigenvalue weighted by atomic mass is 16.1. The van der Waals surface area contributed by atoms with Gasteiger partial charge in [0.2, 0.25) is 12.2 Å². The van der Waals surface area contributed by atoms with Crippen molar-refractivity contribution in [3.05, 3.63) is 0 Å². The van der Waals surface area contributed by atoms with Gasteiger partial charge < -0.3 is 0 Å². The average Bonchev–Trinajstić information content (AvgIpc) is 2.60. The van der Waals surface area contributed by atoms with Crippen LogP contribution in [0.15, 0.2) is 9.98 Å². The van der Waals surface area contributed by atoms with Gasteiger partial charge in [-0.05, 0) is 43.9 Å². The number of isocyanates is 2. The molecule has 0 heterocycles. The van der Waals surface area contributed by atoms with Crippen LogP contribution < -0.4 is 0 Å². The van der Waals surface area contributed by atoms with Crippen LogP contribution in [0.1, 0.15) is 32.1 Å². The minimum absolute atomic E-state index is 0.155. The number of hydrogen-bond acceptors (Lipinski definition) is 4. The molecule has 0 bridgehead atoms. The van der Waals surface area contributed by atoms with E-state index in [4.69, 9.17) is 0 Å². The summed E-state index contributed by atoms with van der Waals surface area (Å²) >= 11 is 0. The van der Waals surface area contributed by atoms with Crippen LogP contribution >= 0.6 is 0 Å². The molecular weight excluding hydrogens is 192 g/mol. The average molecular weight is 206 g/mol. The molecule has 2 aliphatic rings. The molecule has 2 saturated carbocycles. The van der Waals surface area contributed by atoms with Crippen molar-refractivity contribution < 1.29 is 9.59 Å². The maximum Gasteiger partial charge on any atom is 0.235 e. The van der Waals surface area contributed by atoms with E-state index in [1.165, 1.54) is 0 Å². The Morgan fingerprint density at radius 3 is 2.13 bits per heavy atom. The van der Waals surface area contributed by atoms with Gasteiger partial charge in [0, 0.05) is 0 Å². The lowest BCUT2D eigenvalue weighted by Crippen LogP contribution is -2.22. The molecular formula is C11H14N2O2. The number of fused-ring (bicyclic) bond motifs is 1. The Bertz CT molecular complexity index is 313. The molecule has 0 aromatic heterocycles. The predicted molar refractivity (Wildman–Crippen MR) is 53.9 cm³/mol. The van der Waals surface area contributed by atoms with Crippen molar-refractivity contribution in [2.75, 3.05) is 0 Å². The lowest BCUT2D eigenvalue weighted by Gasteiger charge is -2.28. The van der Waals surface area contributed by atoms with Crippen molar-refractivity contribution >= 4 is 12.2 Å². The molecule has 0 N–H and O–H groups in total. The van der Waals surface area contributed by atoms with E-state index in [1.807, 2.05) is 0 Å². The number of hydrogen-bond donors (Lipinski definition) is 0. The van der Waals surface area contributed by atoms with E-state index in [2.05, 4.69) is 9.98 Å². The van der Waals surface area contributed by atoms with E-state index in [-0.39, 0.29) is 12.1 Å². The highest BCUT2D eigenvalue weighted by Gasteiger charge is 2.38. The summed E-state index contributed by atoms with van der Waals surface area (Å²) in [4.78, 5) is 27.9. The van der Waals surface area contributed by atoms with Crippen LogP contribution in [0.2, 0.25) is 0 Å². The Morgan fingerprint density at radius 2 is 1.40 bits per heavy atom. The summed E-state index contributed by atoms with van der Waals surface area (Å²) < 4.78 is 0. The molecule has 15 heavy (non-hydrogen) atoms. The zero-order chi connectivity index (χ0) is 10.7. The van der Waals surface area contributed by atoms with Gasteiger partial charge in [-0.3, -0.25) is 0 Å². The van der Waals surface area contributed by atoms with Crippen molar-refractivity contribution in [3.8, 4) is 0 Å². The first kappa shape index (κ1) is 10.3. The van der Waals surface area contributed by atoms with Gasteiger partial charge in [0.1, 0.15) is 0 Å². The maximum atomic E-state index is 10.2. The molecule has 0 radical (unpaired) electrons. The second-order valence-corrected chi connectivity index (χ2v) is 4.55. The normalized spacial score (nSPS) is 38.7. The highest BCUT2D eigenvalue weighted by molar-refractivity contribution is 5.34. The summed E-state index contributed by atoms with van der Waals surface area (Å²) in [5.74, 6) is 1.26. The van der Waals surface area contributed by atoms with Crippen LogP contribution in [-0.4, -0.2) is 24.2 Å². The Balaban J connectivity index is 1.97. The minimum Gasteiger partial charge on any atom is -0.211 e. The van der Waals surface area contributed by atoms with Gasteiger partial charge in [0.15, 0.2) is 0 Å². The molecule has 0 saturated heterocycles. The van der Waals surface area contributed by atoms with Crippen molar-refractivity contribution in [1.29, 1.82) is 0 Å². The number of rotatable bonds is 2. The van der Waals surface area contributed by atoms with Crippen LogP contribution in [0.4, 0.5) is 0 Å². The third-order valence-electron chi connectivity index (χ3n) is 3.73. The second-order valence-electron chi connectivity index (χ2n) is 4.55. The summed E-state index contributed by atoms with van der Waals surface area (Å²) in [6, 6.07) is 0.319. The molecule has 4 nitrogen and oxygen atoms in total. The minimum atomic E-state index is 0.155. The third kappa shape index (κ3) is 2.23. The molecule has 0 aromatic rings. The first-order valence-electron chi connectivity index (χ1n) is 5.47. The molecule has 0 aromatic carbocycles. The second kappa shape index (κ2) is 4.52. The van der Waals surface area contributed by atoms with Gasteiger partial charge in [-0.1, -0.05) is 0 Å². The van der Waals surface area contributed by atoms with Gasteiger partial charge in [0.05, 0.1) is 12.1 Å². The Hall–Kier alpha value is -1.24. The Morgan fingerprint density at radius 1 is 0.800 bits per heavy atom. The fourth-order valence-corrected chi connectivity index (χ4v) is 3.07. The standard InChI is InChI=1S/C11H14N2O2/c14-6-12-10-2-1-8-3-11(13-7-15)5-9(8)4-10/h8-11H,1-5H2. The van der Waals surface area contributed by atoms with Gasteiger partial charge in [-0.15, -0.1) is 0 Å². The molecule has 2 aliphatic carbocycles. The molecule has 0 spiro atoms. The molecule has 0 aliphatic heterocycles. The van der Waals surface area contributed by atoms with E-state index in [0.717, 1.165) is 32.1 Å². The quantitative estimate of drug-likeness (QED) is 0.509.